The van der Waals surface area contributed by atoms with Crippen molar-refractivity contribution in [2.45, 2.75) is 13.0 Å². The Morgan fingerprint density at radius 2 is 1.96 bits per heavy atom. The van der Waals surface area contributed by atoms with Gasteiger partial charge in [0, 0.05) is 12.6 Å². The molecule has 1 N–H and O–H groups in total. The molecule has 0 spiro atoms. The van der Waals surface area contributed by atoms with Crippen LogP contribution in [-0.4, -0.2) is 24.7 Å². The number of amides is 1. The molecule has 2 rings (SSSR count). The van der Waals surface area contributed by atoms with E-state index in [1.165, 1.54) is 13.2 Å². The van der Waals surface area contributed by atoms with Crippen molar-refractivity contribution < 1.29 is 19.2 Å². The van der Waals surface area contributed by atoms with Crippen molar-refractivity contribution in [1.82, 2.24) is 5.32 Å². The van der Waals surface area contributed by atoms with E-state index in [2.05, 4.69) is 5.32 Å². The van der Waals surface area contributed by atoms with Crippen molar-refractivity contribution in [3.8, 4) is 5.75 Å². The fourth-order valence-electron chi connectivity index (χ4n) is 2.27. The summed E-state index contributed by atoms with van der Waals surface area (Å²) in [6.45, 7) is 0.559. The highest BCUT2D eigenvalue weighted by Crippen LogP contribution is 2.29. The van der Waals surface area contributed by atoms with E-state index in [9.17, 15) is 14.9 Å². The van der Waals surface area contributed by atoms with Gasteiger partial charge in [-0.3, -0.25) is 10.1 Å². The van der Waals surface area contributed by atoms with Gasteiger partial charge in [0.2, 0.25) is 0 Å². The van der Waals surface area contributed by atoms with Crippen LogP contribution < -0.4 is 10.1 Å². The predicted octanol–water partition coefficient (Wildman–Crippen LogP) is 3.93. The highest BCUT2D eigenvalue weighted by molar-refractivity contribution is 5.68. The zero-order chi connectivity index (χ0) is 18.8. The zero-order valence-corrected chi connectivity index (χ0v) is 14.4. The largest absolute Gasteiger partial charge is 0.496 e. The maximum atomic E-state index is 11.6. The second-order valence-electron chi connectivity index (χ2n) is 5.33. The number of nitrogens with zero attached hydrogens (tertiary/aromatic N) is 1. The van der Waals surface area contributed by atoms with Crippen molar-refractivity contribution in [2.75, 3.05) is 13.7 Å². The Balaban J connectivity index is 1.81. The quantitative estimate of drug-likeness (QED) is 0.439. The van der Waals surface area contributed by atoms with E-state index in [-0.39, 0.29) is 12.3 Å². The minimum absolute atomic E-state index is 0.0316. The van der Waals surface area contributed by atoms with Crippen LogP contribution >= 0.6 is 0 Å². The van der Waals surface area contributed by atoms with E-state index in [0.717, 1.165) is 5.56 Å². The lowest BCUT2D eigenvalue weighted by molar-refractivity contribution is -0.385. The van der Waals surface area contributed by atoms with Crippen LogP contribution in [0.5, 0.6) is 5.75 Å². The maximum absolute atomic E-state index is 11.6. The van der Waals surface area contributed by atoms with Gasteiger partial charge in [0.05, 0.1) is 17.6 Å². The van der Waals surface area contributed by atoms with Crippen LogP contribution in [0.3, 0.4) is 0 Å². The van der Waals surface area contributed by atoms with E-state index in [1.807, 2.05) is 30.3 Å². The van der Waals surface area contributed by atoms with Crippen LogP contribution in [0.1, 0.15) is 17.5 Å². The van der Waals surface area contributed by atoms with Crippen LogP contribution in [0.15, 0.2) is 54.6 Å². The van der Waals surface area contributed by atoms with Crippen LogP contribution in [0.4, 0.5) is 10.5 Å². The molecule has 2 aromatic carbocycles. The monoisotopic (exact) mass is 356 g/mol. The minimum Gasteiger partial charge on any atom is -0.496 e. The molecular formula is C19H20N2O5. The highest BCUT2D eigenvalue weighted by atomic mass is 16.6. The van der Waals surface area contributed by atoms with E-state index in [0.29, 0.717) is 24.3 Å². The summed E-state index contributed by atoms with van der Waals surface area (Å²) >= 11 is 0. The molecule has 1 amide bonds. The predicted molar refractivity (Wildman–Crippen MR) is 97.9 cm³/mol. The van der Waals surface area contributed by atoms with E-state index in [4.69, 9.17) is 9.47 Å². The normalized spacial score (nSPS) is 10.5. The van der Waals surface area contributed by atoms with Gasteiger partial charge in [-0.05, 0) is 24.1 Å². The molecule has 136 valence electrons. The fourth-order valence-corrected chi connectivity index (χ4v) is 2.27. The molecule has 0 aliphatic rings. The molecule has 7 heteroatoms. The summed E-state index contributed by atoms with van der Waals surface area (Å²) in [5.74, 6) is 0.422. The van der Waals surface area contributed by atoms with Crippen LogP contribution in [0.2, 0.25) is 0 Å². The molecule has 0 fully saturated rings. The maximum Gasteiger partial charge on any atom is 0.407 e. The average Bonchev–Trinajstić information content (AvgIpc) is 2.66. The number of hydrogen-bond donors (Lipinski definition) is 1. The van der Waals surface area contributed by atoms with Gasteiger partial charge in [-0.1, -0.05) is 42.5 Å². The SMILES string of the molecule is COc1cccc([N+](=O)[O-])c1C=CCCNC(=O)OCc1ccccc1. The van der Waals surface area contributed by atoms with E-state index >= 15 is 0 Å². The molecule has 7 nitrogen and oxygen atoms in total. The second kappa shape index (κ2) is 9.83. The summed E-state index contributed by atoms with van der Waals surface area (Å²) in [5.41, 5.74) is 1.27. The standard InChI is InChI=1S/C19H20N2O5/c1-25-18-12-7-11-17(21(23)24)16(18)10-5-6-13-20-19(22)26-14-15-8-3-2-4-9-15/h2-5,7-12H,6,13-14H2,1H3,(H,20,22). The molecule has 0 saturated carbocycles. The number of carbonyl (C=O) groups is 1. The van der Waals surface area contributed by atoms with Gasteiger partial charge in [0.25, 0.3) is 5.69 Å². The molecule has 2 aromatic rings. The Bertz CT molecular complexity index is 775. The summed E-state index contributed by atoms with van der Waals surface area (Å²) in [4.78, 5) is 22.3. The molecule has 0 saturated heterocycles. The molecule has 26 heavy (non-hydrogen) atoms. The average molecular weight is 356 g/mol. The topological polar surface area (TPSA) is 90.7 Å². The van der Waals surface area contributed by atoms with Gasteiger partial charge in [-0.25, -0.2) is 4.79 Å². The van der Waals surface area contributed by atoms with Crippen molar-refractivity contribution in [2.24, 2.45) is 0 Å². The van der Waals surface area contributed by atoms with Gasteiger partial charge in [-0.2, -0.15) is 0 Å². The number of nitro groups is 1. The Morgan fingerprint density at radius 3 is 2.65 bits per heavy atom. The lowest BCUT2D eigenvalue weighted by Crippen LogP contribution is -2.24. The van der Waals surface area contributed by atoms with Crippen molar-refractivity contribution in [3.63, 3.8) is 0 Å². The number of alkyl carbamates (subject to hydrolysis) is 1. The summed E-state index contributed by atoms with van der Waals surface area (Å²) < 4.78 is 10.3. The van der Waals surface area contributed by atoms with Crippen LogP contribution in [0.25, 0.3) is 6.08 Å². The number of ether oxygens (including phenoxy) is 2. The number of carbonyl (C=O) groups excluding carboxylic acids is 1. The minimum atomic E-state index is -0.509. The molecule has 0 atom stereocenters. The molecular weight excluding hydrogens is 336 g/mol. The van der Waals surface area contributed by atoms with Crippen molar-refractivity contribution >= 4 is 17.9 Å². The smallest absolute Gasteiger partial charge is 0.407 e. The molecule has 0 aliphatic carbocycles. The lowest BCUT2D eigenvalue weighted by atomic mass is 10.1. The van der Waals surface area contributed by atoms with Crippen molar-refractivity contribution in [3.05, 3.63) is 75.8 Å². The Labute approximate surface area is 151 Å². The first-order valence-corrected chi connectivity index (χ1v) is 8.04. The third kappa shape index (κ3) is 5.62. The van der Waals surface area contributed by atoms with Gasteiger partial charge in [0.1, 0.15) is 12.4 Å². The molecule has 0 heterocycles. The van der Waals surface area contributed by atoms with Gasteiger partial charge in [0.15, 0.2) is 0 Å². The summed E-state index contributed by atoms with van der Waals surface area (Å²) in [6, 6.07) is 14.0. The molecule has 0 aliphatic heterocycles. The van der Waals surface area contributed by atoms with Gasteiger partial charge < -0.3 is 14.8 Å². The number of nitro benzene ring substituents is 1. The third-order valence-electron chi connectivity index (χ3n) is 3.54. The second-order valence-corrected chi connectivity index (χ2v) is 5.33. The lowest BCUT2D eigenvalue weighted by Gasteiger charge is -2.06. The van der Waals surface area contributed by atoms with E-state index in [1.54, 1.807) is 24.3 Å². The van der Waals surface area contributed by atoms with E-state index < -0.39 is 11.0 Å². The first-order chi connectivity index (χ1) is 12.6. The molecule has 0 aromatic heterocycles. The molecule has 0 radical (unpaired) electrons. The first-order valence-electron chi connectivity index (χ1n) is 8.04. The molecule has 0 bridgehead atoms. The Kier molecular flexibility index (Phi) is 7.17. The first kappa shape index (κ1) is 19.0. The number of rotatable bonds is 8. The highest BCUT2D eigenvalue weighted by Gasteiger charge is 2.15. The fraction of sp³-hybridized carbons (Fsp3) is 0.211. The van der Waals surface area contributed by atoms with Crippen LogP contribution in [0, 0.1) is 10.1 Å². The Morgan fingerprint density at radius 1 is 1.19 bits per heavy atom. The molecule has 0 unspecified atom stereocenters. The summed E-state index contributed by atoms with van der Waals surface area (Å²) in [6.07, 6.45) is 3.34. The summed E-state index contributed by atoms with van der Waals surface area (Å²) in [7, 11) is 1.46. The summed E-state index contributed by atoms with van der Waals surface area (Å²) in [5, 5.41) is 13.7. The number of nitrogens with one attached hydrogen (secondary N) is 1. The number of hydrogen-bond acceptors (Lipinski definition) is 5. The zero-order valence-electron chi connectivity index (χ0n) is 14.4. The number of benzene rings is 2. The number of methoxy groups -OCH3 is 1. The third-order valence-corrected chi connectivity index (χ3v) is 3.54. The van der Waals surface area contributed by atoms with Crippen molar-refractivity contribution in [1.29, 1.82) is 0 Å². The Hall–Kier alpha value is -3.35. The van der Waals surface area contributed by atoms with Gasteiger partial charge in [-0.15, -0.1) is 0 Å². The van der Waals surface area contributed by atoms with Crippen LogP contribution in [-0.2, 0) is 11.3 Å². The van der Waals surface area contributed by atoms with Gasteiger partial charge >= 0.3 is 6.09 Å².